The number of hydrogen-bond acceptors (Lipinski definition) is 3. The third-order valence-electron chi connectivity index (χ3n) is 0.952. The van der Waals surface area contributed by atoms with Gasteiger partial charge in [0.1, 0.15) is 0 Å². The molecule has 0 unspecified atom stereocenters. The summed E-state index contributed by atoms with van der Waals surface area (Å²) in [6.07, 6.45) is 0.277. The van der Waals surface area contributed by atoms with Crippen molar-refractivity contribution in [3.05, 3.63) is 0 Å². The molecule has 1 amide bonds. The van der Waals surface area contributed by atoms with E-state index in [9.17, 15) is 13.2 Å². The largest absolute Gasteiger partial charge is 0.278 e. The van der Waals surface area contributed by atoms with Gasteiger partial charge in [0, 0.05) is 7.05 Å². The van der Waals surface area contributed by atoms with E-state index in [1.807, 2.05) is 0 Å². The normalized spacial score (nSPS) is 10.9. The molecule has 9 heavy (non-hydrogen) atoms. The summed E-state index contributed by atoms with van der Waals surface area (Å²) in [4.78, 5) is 9.86. The molecule has 0 atom stereocenters. The fourth-order valence-electron chi connectivity index (χ4n) is 0.269. The Hall–Kier alpha value is -0.580. The summed E-state index contributed by atoms with van der Waals surface area (Å²) in [6, 6.07) is 0. The van der Waals surface area contributed by atoms with E-state index in [1.54, 1.807) is 0 Å². The number of hydrogen-bond donors (Lipinski definition) is 0. The van der Waals surface area contributed by atoms with E-state index >= 15 is 0 Å². The van der Waals surface area contributed by atoms with Gasteiger partial charge < -0.3 is 0 Å². The molecular formula is C4H9NO3S. The molecule has 0 bridgehead atoms. The van der Waals surface area contributed by atoms with Gasteiger partial charge in [-0.3, -0.25) is 4.79 Å². The lowest BCUT2D eigenvalue weighted by Gasteiger charge is -2.07. The highest BCUT2D eigenvalue weighted by Crippen LogP contribution is 1.91. The Balaban J connectivity index is 4.34. The van der Waals surface area contributed by atoms with Crippen molar-refractivity contribution < 1.29 is 13.2 Å². The Kier molecular flexibility index (Phi) is 2.64. The first kappa shape index (κ1) is 8.42. The standard InChI is InChI=1S/C4H9NO3S/c1-3-9(7,8)5(2)4-6/h4H,3H2,1-2H3. The molecule has 0 aromatic heterocycles. The Morgan fingerprint density at radius 2 is 2.00 bits per heavy atom. The lowest BCUT2D eigenvalue weighted by atomic mass is 11.0. The zero-order valence-corrected chi connectivity index (χ0v) is 6.18. The lowest BCUT2D eigenvalue weighted by molar-refractivity contribution is -0.113. The minimum Gasteiger partial charge on any atom is -0.278 e. The van der Waals surface area contributed by atoms with Crippen LogP contribution >= 0.6 is 0 Å². The van der Waals surface area contributed by atoms with Crippen LogP contribution in [-0.2, 0) is 14.8 Å². The minimum atomic E-state index is -3.28. The molecule has 0 spiro atoms. The van der Waals surface area contributed by atoms with Crippen LogP contribution in [0.5, 0.6) is 0 Å². The molecule has 0 aliphatic heterocycles. The van der Waals surface area contributed by atoms with Gasteiger partial charge in [0.05, 0.1) is 5.75 Å². The van der Waals surface area contributed by atoms with Crippen molar-refractivity contribution in [3.8, 4) is 0 Å². The average molecular weight is 151 g/mol. The van der Waals surface area contributed by atoms with Gasteiger partial charge in [-0.25, -0.2) is 12.7 Å². The van der Waals surface area contributed by atoms with Gasteiger partial charge in [-0.15, -0.1) is 0 Å². The molecule has 0 aliphatic carbocycles. The molecule has 5 heteroatoms. The summed E-state index contributed by atoms with van der Waals surface area (Å²) in [7, 11) is -2.07. The summed E-state index contributed by atoms with van der Waals surface area (Å²) in [5, 5.41) is 0. The van der Waals surface area contributed by atoms with Crippen molar-refractivity contribution in [2.75, 3.05) is 12.8 Å². The van der Waals surface area contributed by atoms with E-state index in [1.165, 1.54) is 14.0 Å². The molecule has 0 aromatic carbocycles. The first-order chi connectivity index (χ1) is 4.04. The maximum atomic E-state index is 10.6. The van der Waals surface area contributed by atoms with Crippen LogP contribution in [-0.4, -0.2) is 31.9 Å². The first-order valence-corrected chi connectivity index (χ1v) is 4.06. The van der Waals surface area contributed by atoms with Crippen molar-refractivity contribution >= 4 is 16.4 Å². The number of carbonyl (C=O) groups is 1. The quantitative estimate of drug-likeness (QED) is 0.507. The van der Waals surface area contributed by atoms with Crippen LogP contribution < -0.4 is 0 Å². The second-order valence-electron chi connectivity index (χ2n) is 1.52. The highest BCUT2D eigenvalue weighted by atomic mass is 32.2. The van der Waals surface area contributed by atoms with Crippen molar-refractivity contribution in [2.24, 2.45) is 0 Å². The van der Waals surface area contributed by atoms with Crippen molar-refractivity contribution in [1.82, 2.24) is 4.31 Å². The van der Waals surface area contributed by atoms with Crippen LogP contribution in [0.4, 0.5) is 0 Å². The Labute approximate surface area is 54.5 Å². The molecule has 0 rings (SSSR count). The second kappa shape index (κ2) is 2.82. The minimum absolute atomic E-state index is 0.0394. The van der Waals surface area contributed by atoms with Crippen LogP contribution in [0, 0.1) is 0 Å². The van der Waals surface area contributed by atoms with E-state index < -0.39 is 10.0 Å². The molecule has 0 fully saturated rings. The summed E-state index contributed by atoms with van der Waals surface area (Å²) >= 11 is 0. The fourth-order valence-corrected chi connectivity index (χ4v) is 0.808. The monoisotopic (exact) mass is 151 g/mol. The number of carbonyl (C=O) groups excluding carboxylic acids is 1. The predicted octanol–water partition coefficient (Wildman–Crippen LogP) is -0.576. The number of rotatable bonds is 3. The van der Waals surface area contributed by atoms with Crippen LogP contribution in [0.1, 0.15) is 6.92 Å². The molecule has 0 aromatic rings. The van der Waals surface area contributed by atoms with E-state index in [4.69, 9.17) is 0 Å². The Morgan fingerprint density at radius 1 is 1.56 bits per heavy atom. The van der Waals surface area contributed by atoms with Crippen molar-refractivity contribution in [2.45, 2.75) is 6.92 Å². The van der Waals surface area contributed by atoms with Gasteiger partial charge in [0.2, 0.25) is 16.4 Å². The zero-order valence-electron chi connectivity index (χ0n) is 5.36. The highest BCUT2D eigenvalue weighted by Gasteiger charge is 2.10. The molecular weight excluding hydrogens is 142 g/mol. The van der Waals surface area contributed by atoms with Crippen molar-refractivity contribution in [1.29, 1.82) is 0 Å². The lowest BCUT2D eigenvalue weighted by Crippen LogP contribution is -2.26. The Morgan fingerprint density at radius 3 is 2.11 bits per heavy atom. The molecule has 0 radical (unpaired) electrons. The number of sulfonamides is 1. The summed E-state index contributed by atoms with van der Waals surface area (Å²) < 4.78 is 21.9. The molecule has 0 heterocycles. The van der Waals surface area contributed by atoms with Crippen LogP contribution in [0.15, 0.2) is 0 Å². The van der Waals surface area contributed by atoms with Gasteiger partial charge in [0.25, 0.3) is 0 Å². The van der Waals surface area contributed by atoms with Gasteiger partial charge in [-0.05, 0) is 6.92 Å². The SMILES string of the molecule is CCS(=O)(=O)N(C)C=O. The summed E-state index contributed by atoms with van der Waals surface area (Å²) in [6.45, 7) is 1.48. The summed E-state index contributed by atoms with van der Waals surface area (Å²) in [5.41, 5.74) is 0. The molecule has 0 saturated heterocycles. The van der Waals surface area contributed by atoms with Crippen molar-refractivity contribution in [3.63, 3.8) is 0 Å². The molecule has 0 N–H and O–H groups in total. The van der Waals surface area contributed by atoms with E-state index in [0.717, 1.165) is 0 Å². The smallest absolute Gasteiger partial charge is 0.236 e. The van der Waals surface area contributed by atoms with Gasteiger partial charge >= 0.3 is 0 Å². The first-order valence-electron chi connectivity index (χ1n) is 2.45. The Bertz CT molecular complexity index is 184. The maximum absolute atomic E-state index is 10.6. The second-order valence-corrected chi connectivity index (χ2v) is 3.84. The van der Waals surface area contributed by atoms with Crippen LogP contribution in [0.3, 0.4) is 0 Å². The zero-order chi connectivity index (χ0) is 7.49. The number of amides is 1. The molecule has 4 nitrogen and oxygen atoms in total. The average Bonchev–Trinajstić information content (AvgIpc) is 1.86. The topological polar surface area (TPSA) is 54.5 Å². The molecule has 0 aliphatic rings. The van der Waals surface area contributed by atoms with E-state index in [0.29, 0.717) is 4.31 Å². The maximum Gasteiger partial charge on any atom is 0.236 e. The predicted molar refractivity (Wildman–Crippen MR) is 33.3 cm³/mol. The number of nitrogens with zero attached hydrogens (tertiary/aromatic N) is 1. The van der Waals surface area contributed by atoms with Crippen LogP contribution in [0.25, 0.3) is 0 Å². The fraction of sp³-hybridized carbons (Fsp3) is 0.750. The molecule has 0 saturated carbocycles. The van der Waals surface area contributed by atoms with Gasteiger partial charge in [-0.2, -0.15) is 0 Å². The molecule has 54 valence electrons. The summed E-state index contributed by atoms with van der Waals surface area (Å²) in [5.74, 6) is -0.0394. The third-order valence-corrected chi connectivity index (χ3v) is 2.65. The van der Waals surface area contributed by atoms with Crippen LogP contribution in [0.2, 0.25) is 0 Å². The third kappa shape index (κ3) is 2.01. The highest BCUT2D eigenvalue weighted by molar-refractivity contribution is 7.89. The van der Waals surface area contributed by atoms with Gasteiger partial charge in [0.15, 0.2) is 0 Å². The van der Waals surface area contributed by atoms with Gasteiger partial charge in [-0.1, -0.05) is 0 Å². The van der Waals surface area contributed by atoms with E-state index in [2.05, 4.69) is 0 Å². The van der Waals surface area contributed by atoms with E-state index in [-0.39, 0.29) is 12.2 Å².